The molecule has 0 spiro atoms. The van der Waals surface area contributed by atoms with Crippen LogP contribution >= 0.6 is 0 Å². The summed E-state index contributed by atoms with van der Waals surface area (Å²) in [5, 5.41) is 8.64. The summed E-state index contributed by atoms with van der Waals surface area (Å²) < 4.78 is 13.9. The average molecular weight is 833 g/mol. The second-order valence-corrected chi connectivity index (χ2v) is 17.9. The predicted molar refractivity (Wildman–Crippen MR) is 270 cm³/mol. The molecule has 5 nitrogen and oxygen atoms in total. The number of anilines is 2. The van der Waals surface area contributed by atoms with E-state index >= 15 is 0 Å². The zero-order chi connectivity index (χ0) is 42.3. The molecule has 1 aliphatic heterocycles. The lowest BCUT2D eigenvalue weighted by molar-refractivity contribution is 0.669. The molecule has 0 saturated heterocycles. The lowest BCUT2D eigenvalue weighted by atomic mass is 9.91. The van der Waals surface area contributed by atoms with Crippen LogP contribution in [0.1, 0.15) is 29.2 Å². The number of fused-ring (bicyclic) bond motifs is 16. The van der Waals surface area contributed by atoms with E-state index in [9.17, 15) is 0 Å². The third kappa shape index (κ3) is 4.82. The first kappa shape index (κ1) is 35.2. The highest BCUT2D eigenvalue weighted by molar-refractivity contribution is 6.25. The molecule has 2 aliphatic carbocycles. The molecule has 3 aliphatic rings. The third-order valence-corrected chi connectivity index (χ3v) is 14.7. The van der Waals surface area contributed by atoms with Gasteiger partial charge in [-0.05, 0) is 109 Å². The maximum atomic E-state index is 6.37. The summed E-state index contributed by atoms with van der Waals surface area (Å²) in [6, 6.07) is 64.9. The molecule has 0 N–H and O–H groups in total. The van der Waals surface area contributed by atoms with Crippen LogP contribution in [0.3, 0.4) is 0 Å². The second-order valence-electron chi connectivity index (χ2n) is 17.9. The molecule has 0 bridgehead atoms. The molecule has 8 aromatic carbocycles. The SMILES string of the molecule is C1=CC2c3ccccc3N(c3ccc4c(c3)c3c5c6c(n(-c7ccc8oc9ccccc9c8c7)c5ccc3n4-c3ccccc3)CCC(n3c4ccccc4c4ccccc43)=C6)C2C=C1. The van der Waals surface area contributed by atoms with Gasteiger partial charge in [-0.1, -0.05) is 115 Å². The van der Waals surface area contributed by atoms with Gasteiger partial charge in [0.25, 0.3) is 0 Å². The van der Waals surface area contributed by atoms with Crippen molar-refractivity contribution in [2.24, 2.45) is 0 Å². The van der Waals surface area contributed by atoms with Crippen LogP contribution in [0.2, 0.25) is 0 Å². The molecule has 5 heteroatoms. The second kappa shape index (κ2) is 13.1. The molecule has 306 valence electrons. The summed E-state index contributed by atoms with van der Waals surface area (Å²) in [5.41, 5.74) is 18.0. The fourth-order valence-electron chi connectivity index (χ4n) is 12.0. The van der Waals surface area contributed by atoms with E-state index in [1.165, 1.54) is 88.4 Å². The zero-order valence-electron chi connectivity index (χ0n) is 35.4. The Morgan fingerprint density at radius 3 is 1.92 bits per heavy atom. The van der Waals surface area contributed by atoms with Crippen LogP contribution in [-0.4, -0.2) is 19.7 Å². The van der Waals surface area contributed by atoms with E-state index in [1.54, 1.807) is 0 Å². The van der Waals surface area contributed by atoms with Gasteiger partial charge in [-0.3, -0.25) is 0 Å². The first-order valence-electron chi connectivity index (χ1n) is 22.8. The quantitative estimate of drug-likeness (QED) is 0.177. The van der Waals surface area contributed by atoms with E-state index in [-0.39, 0.29) is 6.04 Å². The molecule has 0 amide bonds. The monoisotopic (exact) mass is 832 g/mol. The number of hydrogen-bond donors (Lipinski definition) is 0. The Morgan fingerprint density at radius 1 is 0.431 bits per heavy atom. The molecule has 0 fully saturated rings. The summed E-state index contributed by atoms with van der Waals surface area (Å²) in [7, 11) is 0. The van der Waals surface area contributed by atoms with Crippen molar-refractivity contribution in [3.05, 3.63) is 217 Å². The molecule has 4 aromatic heterocycles. The van der Waals surface area contributed by atoms with E-state index in [4.69, 9.17) is 4.42 Å². The number of hydrogen-bond acceptors (Lipinski definition) is 2. The highest BCUT2D eigenvalue weighted by Crippen LogP contribution is 2.50. The topological polar surface area (TPSA) is 31.2 Å². The number of furan rings is 1. The molecular weight excluding hydrogens is 793 g/mol. The van der Waals surface area contributed by atoms with Crippen molar-refractivity contribution < 1.29 is 4.42 Å². The summed E-state index contributed by atoms with van der Waals surface area (Å²) in [4.78, 5) is 2.57. The Balaban J connectivity index is 1.07. The van der Waals surface area contributed by atoms with Crippen LogP contribution in [0.4, 0.5) is 11.4 Å². The highest BCUT2D eigenvalue weighted by Gasteiger charge is 2.37. The van der Waals surface area contributed by atoms with E-state index in [2.05, 4.69) is 225 Å². The van der Waals surface area contributed by atoms with Gasteiger partial charge < -0.3 is 23.0 Å². The molecule has 2 atom stereocenters. The first-order chi connectivity index (χ1) is 32.3. The van der Waals surface area contributed by atoms with Crippen molar-refractivity contribution in [3.8, 4) is 11.4 Å². The molecule has 12 aromatic rings. The fraction of sp³-hybridized carbons (Fsp3) is 0.0667. The van der Waals surface area contributed by atoms with Gasteiger partial charge in [0, 0.05) is 83.3 Å². The molecule has 0 radical (unpaired) electrons. The van der Waals surface area contributed by atoms with Gasteiger partial charge in [-0.2, -0.15) is 0 Å². The van der Waals surface area contributed by atoms with Crippen LogP contribution in [0.5, 0.6) is 0 Å². The molecule has 2 unspecified atom stereocenters. The number of rotatable bonds is 4. The van der Waals surface area contributed by atoms with Gasteiger partial charge in [-0.25, -0.2) is 0 Å². The zero-order valence-corrected chi connectivity index (χ0v) is 35.4. The standard InChI is InChI=1S/C60H40N4O/c1-2-14-37(15-3-1)61-53-29-26-38(62-49-21-9-4-16-41(49)42-17-5-10-22-50(42)62)35-47(53)59-55(61)31-32-56-60(59)48-36-39(63-51-23-11-6-18-43(51)44-19-7-12-24-52(44)63)27-30-54(48)64(56)40-28-33-58-46(34-40)45-20-8-13-25-57(45)65-58/h1-26,28-29,31-36,41,49H,27,30H2. The minimum Gasteiger partial charge on any atom is -0.456 e. The van der Waals surface area contributed by atoms with Crippen molar-refractivity contribution >= 4 is 99.6 Å². The summed E-state index contributed by atoms with van der Waals surface area (Å²) >= 11 is 0. The number of allylic oxidation sites excluding steroid dienone is 3. The first-order valence-corrected chi connectivity index (χ1v) is 22.8. The third-order valence-electron chi connectivity index (χ3n) is 14.7. The fourth-order valence-corrected chi connectivity index (χ4v) is 12.0. The van der Waals surface area contributed by atoms with Gasteiger partial charge in [0.15, 0.2) is 0 Å². The van der Waals surface area contributed by atoms with Crippen molar-refractivity contribution in [1.29, 1.82) is 0 Å². The van der Waals surface area contributed by atoms with Crippen molar-refractivity contribution in [3.63, 3.8) is 0 Å². The Bertz CT molecular complexity index is 4040. The van der Waals surface area contributed by atoms with Crippen molar-refractivity contribution in [2.75, 3.05) is 4.90 Å². The summed E-state index contributed by atoms with van der Waals surface area (Å²) in [6.07, 6.45) is 13.5. The lowest BCUT2D eigenvalue weighted by Crippen LogP contribution is -2.28. The van der Waals surface area contributed by atoms with Crippen LogP contribution in [0.25, 0.3) is 99.6 Å². The van der Waals surface area contributed by atoms with E-state index in [1.807, 2.05) is 0 Å². The molecule has 0 saturated carbocycles. The lowest BCUT2D eigenvalue weighted by Gasteiger charge is -2.28. The van der Waals surface area contributed by atoms with Crippen LogP contribution in [0, 0.1) is 0 Å². The van der Waals surface area contributed by atoms with Gasteiger partial charge in [-0.15, -0.1) is 0 Å². The maximum absolute atomic E-state index is 6.37. The minimum atomic E-state index is 0.205. The van der Waals surface area contributed by atoms with Crippen LogP contribution < -0.4 is 4.90 Å². The van der Waals surface area contributed by atoms with E-state index in [0.29, 0.717) is 5.92 Å². The van der Waals surface area contributed by atoms with E-state index < -0.39 is 0 Å². The Morgan fingerprint density at radius 2 is 1.08 bits per heavy atom. The van der Waals surface area contributed by atoms with Crippen molar-refractivity contribution in [2.45, 2.75) is 24.8 Å². The largest absolute Gasteiger partial charge is 0.456 e. The van der Waals surface area contributed by atoms with Crippen LogP contribution in [0.15, 0.2) is 205 Å². The highest BCUT2D eigenvalue weighted by atomic mass is 16.3. The molecular formula is C60H40N4O. The minimum absolute atomic E-state index is 0.205. The normalized spacial score (nSPS) is 16.7. The summed E-state index contributed by atoms with van der Waals surface area (Å²) in [5.74, 6) is 0.305. The Kier molecular flexibility index (Phi) is 7.11. The van der Waals surface area contributed by atoms with Crippen LogP contribution in [-0.2, 0) is 6.42 Å². The number of nitrogens with zero attached hydrogens (tertiary/aromatic N) is 4. The molecule has 5 heterocycles. The molecule has 65 heavy (non-hydrogen) atoms. The number of benzene rings is 8. The van der Waals surface area contributed by atoms with Gasteiger partial charge in [0.1, 0.15) is 11.2 Å². The van der Waals surface area contributed by atoms with Crippen molar-refractivity contribution in [1.82, 2.24) is 13.7 Å². The van der Waals surface area contributed by atoms with Gasteiger partial charge in [0.2, 0.25) is 0 Å². The van der Waals surface area contributed by atoms with E-state index in [0.717, 1.165) is 46.2 Å². The Labute approximate surface area is 374 Å². The Hall–Kier alpha value is -8.28. The number of para-hydroxylation sites is 5. The molecule has 15 rings (SSSR count). The smallest absolute Gasteiger partial charge is 0.135 e. The summed E-state index contributed by atoms with van der Waals surface area (Å²) in [6.45, 7) is 0. The van der Waals surface area contributed by atoms with Gasteiger partial charge in [0.05, 0.1) is 33.6 Å². The van der Waals surface area contributed by atoms with Gasteiger partial charge >= 0.3 is 0 Å². The average Bonchev–Trinajstić information content (AvgIpc) is 4.16. The maximum Gasteiger partial charge on any atom is 0.135 e. The number of aromatic nitrogens is 3. The predicted octanol–water partition coefficient (Wildman–Crippen LogP) is 15.4.